The summed E-state index contributed by atoms with van der Waals surface area (Å²) in [5, 5.41) is 31.2. The number of aliphatic hydroxyl groups is 2. The predicted octanol–water partition coefficient (Wildman–Crippen LogP) is 11.9. The van der Waals surface area contributed by atoms with Gasteiger partial charge < -0.3 is 39.0 Å². The molecule has 6 atom stereocenters. The van der Waals surface area contributed by atoms with Gasteiger partial charge in [-0.2, -0.15) is 0 Å². The number of rotatable bonds is 42. The summed E-state index contributed by atoms with van der Waals surface area (Å²) in [6, 6.07) is 0. The standard InChI is InChI=1S/C53H90O12/c1-4-7-10-13-16-19-22-23-26-29-32-35-38-41-47(56)64-51-49(58)48(57)50(52(59)60)65-53(51)62-43-44(63-46(55)40-37-34-31-28-25-21-18-15-12-9-6-3)42-61-45(54)39-36-33-30-27-24-20-17-14-11-8-5-2/h7,10,16,19,23,26,32,35,44,48-51,53,57-58H,4-6,8-9,11-15,17-18,20-22,24-25,27-31,33-34,36-43H2,1-3H3,(H,59,60)/b10-7-,19-16-,26-23-,35-32-. The first-order valence-corrected chi connectivity index (χ1v) is 25.6. The van der Waals surface area contributed by atoms with Crippen molar-refractivity contribution in [2.75, 3.05) is 13.2 Å². The van der Waals surface area contributed by atoms with Crippen LogP contribution in [0, 0.1) is 0 Å². The van der Waals surface area contributed by atoms with E-state index >= 15 is 0 Å². The highest BCUT2D eigenvalue weighted by Crippen LogP contribution is 2.26. The number of esters is 3. The van der Waals surface area contributed by atoms with E-state index in [1.54, 1.807) is 0 Å². The summed E-state index contributed by atoms with van der Waals surface area (Å²) in [6.45, 7) is 5.80. The number of allylic oxidation sites excluding steroid dienone is 8. The molecule has 12 nitrogen and oxygen atoms in total. The van der Waals surface area contributed by atoms with Gasteiger partial charge in [-0.05, 0) is 44.9 Å². The van der Waals surface area contributed by atoms with E-state index in [9.17, 15) is 34.5 Å². The average molecular weight is 919 g/mol. The van der Waals surface area contributed by atoms with Crippen LogP contribution in [0.25, 0.3) is 0 Å². The number of carboxylic acid groups (broad SMARTS) is 1. The van der Waals surface area contributed by atoms with Crippen molar-refractivity contribution in [2.24, 2.45) is 0 Å². The molecule has 1 aliphatic rings. The zero-order valence-electron chi connectivity index (χ0n) is 40.7. The van der Waals surface area contributed by atoms with E-state index in [0.717, 1.165) is 57.8 Å². The molecule has 374 valence electrons. The second kappa shape index (κ2) is 42.1. The van der Waals surface area contributed by atoms with E-state index < -0.39 is 67.3 Å². The SMILES string of the molecule is CC/C=C\C/C=C\C/C=C\C/C=C\CCC(=O)OC1C(OCC(COC(=O)CCCCCCCCCCCCC)OC(=O)CCCCCCCCCCCCC)OC(C(=O)O)C(O)C1O. The first kappa shape index (κ1) is 59.7. The van der Waals surface area contributed by atoms with Crippen LogP contribution in [0.1, 0.15) is 213 Å². The monoisotopic (exact) mass is 919 g/mol. The number of carboxylic acids is 1. The Bertz CT molecular complexity index is 1330. The molecule has 1 fully saturated rings. The fourth-order valence-corrected chi connectivity index (χ4v) is 7.50. The molecule has 1 heterocycles. The summed E-state index contributed by atoms with van der Waals surface area (Å²) in [4.78, 5) is 50.7. The molecule has 0 aromatic heterocycles. The number of unbranched alkanes of at least 4 members (excludes halogenated alkanes) is 20. The molecule has 0 aromatic rings. The van der Waals surface area contributed by atoms with Crippen LogP contribution in [0.3, 0.4) is 0 Å². The molecular formula is C53H90O12. The van der Waals surface area contributed by atoms with Crippen LogP contribution in [0.5, 0.6) is 0 Å². The predicted molar refractivity (Wildman–Crippen MR) is 257 cm³/mol. The molecule has 3 N–H and O–H groups in total. The molecule has 0 aromatic carbocycles. The van der Waals surface area contributed by atoms with Crippen molar-refractivity contribution in [1.29, 1.82) is 0 Å². The minimum absolute atomic E-state index is 0.0585. The topological polar surface area (TPSA) is 175 Å². The molecule has 0 bridgehead atoms. The normalized spacial score (nSPS) is 19.4. The number of aliphatic carboxylic acids is 1. The number of hydrogen-bond acceptors (Lipinski definition) is 11. The molecule has 0 radical (unpaired) electrons. The minimum Gasteiger partial charge on any atom is -0.479 e. The van der Waals surface area contributed by atoms with Crippen molar-refractivity contribution >= 4 is 23.9 Å². The van der Waals surface area contributed by atoms with Crippen LogP contribution in [0.2, 0.25) is 0 Å². The number of aliphatic hydroxyl groups excluding tert-OH is 2. The zero-order chi connectivity index (χ0) is 47.6. The third-order valence-corrected chi connectivity index (χ3v) is 11.4. The summed E-state index contributed by atoms with van der Waals surface area (Å²) in [7, 11) is 0. The summed E-state index contributed by atoms with van der Waals surface area (Å²) in [5.41, 5.74) is 0. The van der Waals surface area contributed by atoms with Crippen molar-refractivity contribution in [2.45, 2.75) is 250 Å². The number of carbonyl (C=O) groups is 4. The van der Waals surface area contributed by atoms with E-state index in [1.807, 2.05) is 18.2 Å². The van der Waals surface area contributed by atoms with Gasteiger partial charge >= 0.3 is 23.9 Å². The van der Waals surface area contributed by atoms with Crippen molar-refractivity contribution in [3.63, 3.8) is 0 Å². The second-order valence-electron chi connectivity index (χ2n) is 17.4. The van der Waals surface area contributed by atoms with E-state index in [1.165, 1.54) is 89.9 Å². The van der Waals surface area contributed by atoms with Crippen molar-refractivity contribution in [1.82, 2.24) is 0 Å². The summed E-state index contributed by atoms with van der Waals surface area (Å²) >= 11 is 0. The Morgan fingerprint density at radius 3 is 1.45 bits per heavy atom. The first-order chi connectivity index (χ1) is 31.6. The molecule has 12 heteroatoms. The molecule has 1 saturated heterocycles. The van der Waals surface area contributed by atoms with Crippen LogP contribution in [0.4, 0.5) is 0 Å². The lowest BCUT2D eigenvalue weighted by atomic mass is 9.98. The maximum Gasteiger partial charge on any atom is 0.335 e. The highest BCUT2D eigenvalue weighted by Gasteiger charge is 2.50. The fraction of sp³-hybridized carbons (Fsp3) is 0.774. The molecule has 0 amide bonds. The first-order valence-electron chi connectivity index (χ1n) is 25.6. The van der Waals surface area contributed by atoms with Crippen LogP contribution in [-0.2, 0) is 42.9 Å². The lowest BCUT2D eigenvalue weighted by molar-refractivity contribution is -0.301. The third-order valence-electron chi connectivity index (χ3n) is 11.4. The van der Waals surface area contributed by atoms with Gasteiger partial charge in [-0.3, -0.25) is 14.4 Å². The molecular weight excluding hydrogens is 829 g/mol. The second-order valence-corrected chi connectivity index (χ2v) is 17.4. The lowest BCUT2D eigenvalue weighted by Gasteiger charge is -2.40. The number of hydrogen-bond donors (Lipinski definition) is 3. The summed E-state index contributed by atoms with van der Waals surface area (Å²) < 4.78 is 28.1. The van der Waals surface area contributed by atoms with Gasteiger partial charge in [0.1, 0.15) is 18.8 Å². The van der Waals surface area contributed by atoms with E-state index in [2.05, 4.69) is 51.2 Å². The Balaban J connectivity index is 2.78. The van der Waals surface area contributed by atoms with Gasteiger partial charge in [-0.25, -0.2) is 4.79 Å². The van der Waals surface area contributed by atoms with Gasteiger partial charge in [0.05, 0.1) is 6.61 Å². The average Bonchev–Trinajstić information content (AvgIpc) is 3.29. The third kappa shape index (κ3) is 32.9. The number of carbonyl (C=O) groups excluding carboxylic acids is 3. The Labute approximate surface area is 393 Å². The fourth-order valence-electron chi connectivity index (χ4n) is 7.50. The lowest BCUT2D eigenvalue weighted by Crippen LogP contribution is -2.61. The van der Waals surface area contributed by atoms with Crippen LogP contribution < -0.4 is 0 Å². The van der Waals surface area contributed by atoms with E-state index in [0.29, 0.717) is 25.7 Å². The quantitative estimate of drug-likeness (QED) is 0.0229. The minimum atomic E-state index is -1.92. The Hall–Kier alpha value is -3.32. The van der Waals surface area contributed by atoms with E-state index in [4.69, 9.17) is 23.7 Å². The molecule has 0 saturated carbocycles. The van der Waals surface area contributed by atoms with Crippen LogP contribution >= 0.6 is 0 Å². The van der Waals surface area contributed by atoms with Gasteiger partial charge in [-0.1, -0.05) is 198 Å². The van der Waals surface area contributed by atoms with Gasteiger partial charge in [0.2, 0.25) is 0 Å². The van der Waals surface area contributed by atoms with Crippen LogP contribution in [-0.4, -0.2) is 89.2 Å². The van der Waals surface area contributed by atoms with E-state index in [-0.39, 0.29) is 25.9 Å². The molecule has 0 aliphatic carbocycles. The number of ether oxygens (including phenoxy) is 5. The Morgan fingerprint density at radius 2 is 0.969 bits per heavy atom. The Morgan fingerprint density at radius 1 is 0.523 bits per heavy atom. The molecule has 1 rings (SSSR count). The molecule has 6 unspecified atom stereocenters. The highest BCUT2D eigenvalue weighted by molar-refractivity contribution is 5.74. The van der Waals surface area contributed by atoms with Crippen LogP contribution in [0.15, 0.2) is 48.6 Å². The van der Waals surface area contributed by atoms with Crippen molar-refractivity contribution in [3.8, 4) is 0 Å². The largest absolute Gasteiger partial charge is 0.479 e. The molecule has 0 spiro atoms. The van der Waals surface area contributed by atoms with Gasteiger partial charge in [0, 0.05) is 19.3 Å². The highest BCUT2D eigenvalue weighted by atomic mass is 16.7. The summed E-state index contributed by atoms with van der Waals surface area (Å²) in [6.07, 6.45) is 35.5. The smallest absolute Gasteiger partial charge is 0.335 e. The molecule has 1 aliphatic heterocycles. The zero-order valence-corrected chi connectivity index (χ0v) is 40.7. The van der Waals surface area contributed by atoms with Crippen molar-refractivity contribution < 1.29 is 58.2 Å². The maximum atomic E-state index is 13.0. The maximum absolute atomic E-state index is 13.0. The van der Waals surface area contributed by atoms with Gasteiger partial charge in [0.15, 0.2) is 24.6 Å². The van der Waals surface area contributed by atoms with Gasteiger partial charge in [0.25, 0.3) is 0 Å². The summed E-state index contributed by atoms with van der Waals surface area (Å²) in [5.74, 6) is -3.22. The Kier molecular flexibility index (Phi) is 38.6. The van der Waals surface area contributed by atoms with Gasteiger partial charge in [-0.15, -0.1) is 0 Å². The van der Waals surface area contributed by atoms with Crippen molar-refractivity contribution in [3.05, 3.63) is 48.6 Å². The molecule has 65 heavy (non-hydrogen) atoms.